The molecule has 0 unspecified atom stereocenters. The lowest BCUT2D eigenvalue weighted by Gasteiger charge is -2.17. The average Bonchev–Trinajstić information content (AvgIpc) is 2.92. The molecule has 3 rings (SSSR count). The van der Waals surface area contributed by atoms with Gasteiger partial charge in [0.05, 0.1) is 6.26 Å². The molecule has 0 bridgehead atoms. The van der Waals surface area contributed by atoms with E-state index < -0.39 is 11.6 Å². The summed E-state index contributed by atoms with van der Waals surface area (Å²) in [6, 6.07) is 1.97. The van der Waals surface area contributed by atoms with Gasteiger partial charge in [0, 0.05) is 33.4 Å². The molecular formula is C20H21O5-. The van der Waals surface area contributed by atoms with Gasteiger partial charge in [0.2, 0.25) is 0 Å². The molecule has 2 heterocycles. The van der Waals surface area contributed by atoms with Crippen LogP contribution < -0.4 is 10.7 Å². The van der Waals surface area contributed by atoms with Gasteiger partial charge in [-0.1, -0.05) is 20.8 Å². The van der Waals surface area contributed by atoms with Crippen molar-refractivity contribution in [3.8, 4) is 0 Å². The van der Waals surface area contributed by atoms with E-state index in [9.17, 15) is 14.7 Å². The van der Waals surface area contributed by atoms with E-state index in [4.69, 9.17) is 8.83 Å². The standard InChI is InChI=1S/C20H22O5/c1-10-12(6-7-16(21)22)19(23)25-18-11(2)17-14(8-13(10)18)15(9-24-17)20(3,4)5/h8-9H,6-7H2,1-5H3,(H,21,22)/p-1. The van der Waals surface area contributed by atoms with Crippen molar-refractivity contribution in [3.63, 3.8) is 0 Å². The number of carbonyl (C=O) groups excluding carboxylic acids is 1. The van der Waals surface area contributed by atoms with E-state index in [-0.39, 0.29) is 18.3 Å². The molecule has 0 saturated carbocycles. The summed E-state index contributed by atoms with van der Waals surface area (Å²) in [6.45, 7) is 10.0. The molecule has 132 valence electrons. The van der Waals surface area contributed by atoms with Crippen LogP contribution >= 0.6 is 0 Å². The molecular weight excluding hydrogens is 320 g/mol. The van der Waals surface area contributed by atoms with Crippen LogP contribution in [0.3, 0.4) is 0 Å². The minimum Gasteiger partial charge on any atom is -0.550 e. The van der Waals surface area contributed by atoms with E-state index in [0.717, 1.165) is 27.5 Å². The maximum atomic E-state index is 12.3. The van der Waals surface area contributed by atoms with Crippen LogP contribution in [-0.2, 0) is 16.6 Å². The van der Waals surface area contributed by atoms with Gasteiger partial charge in [-0.15, -0.1) is 0 Å². The maximum Gasteiger partial charge on any atom is 0.339 e. The molecule has 2 aromatic heterocycles. The highest BCUT2D eigenvalue weighted by atomic mass is 16.4. The zero-order valence-corrected chi connectivity index (χ0v) is 15.1. The highest BCUT2D eigenvalue weighted by molar-refractivity contribution is 6.00. The quantitative estimate of drug-likeness (QED) is 0.683. The minimum absolute atomic E-state index is 0.0906. The first-order chi connectivity index (χ1) is 11.6. The van der Waals surface area contributed by atoms with E-state index >= 15 is 0 Å². The molecule has 0 fully saturated rings. The predicted molar refractivity (Wildman–Crippen MR) is 93.8 cm³/mol. The Kier molecular flexibility index (Phi) is 3.98. The van der Waals surface area contributed by atoms with Crippen LogP contribution in [-0.4, -0.2) is 5.97 Å². The molecule has 0 aliphatic rings. The lowest BCUT2D eigenvalue weighted by molar-refractivity contribution is -0.305. The third-order valence-electron chi connectivity index (χ3n) is 4.73. The minimum atomic E-state index is -1.18. The van der Waals surface area contributed by atoms with Gasteiger partial charge in [-0.25, -0.2) is 4.79 Å². The molecule has 0 radical (unpaired) electrons. The monoisotopic (exact) mass is 341 g/mol. The largest absolute Gasteiger partial charge is 0.550 e. The number of hydrogen-bond acceptors (Lipinski definition) is 5. The second-order valence-electron chi connectivity index (χ2n) is 7.52. The Morgan fingerprint density at radius 3 is 2.40 bits per heavy atom. The van der Waals surface area contributed by atoms with E-state index in [2.05, 4.69) is 20.8 Å². The zero-order chi connectivity index (χ0) is 18.5. The van der Waals surface area contributed by atoms with Crippen molar-refractivity contribution in [2.45, 2.75) is 52.9 Å². The fourth-order valence-corrected chi connectivity index (χ4v) is 3.29. The van der Waals surface area contributed by atoms with Crippen LogP contribution in [0.5, 0.6) is 0 Å². The molecule has 0 N–H and O–H groups in total. The summed E-state index contributed by atoms with van der Waals surface area (Å²) < 4.78 is 11.3. The van der Waals surface area contributed by atoms with E-state index in [1.807, 2.05) is 19.9 Å². The van der Waals surface area contributed by atoms with Crippen LogP contribution in [0.1, 0.15) is 49.4 Å². The SMILES string of the molecule is Cc1c(CCC(=O)[O-])c(=O)oc2c(C)c3occ(C(C)(C)C)c3cc12. The number of fused-ring (bicyclic) bond motifs is 2. The van der Waals surface area contributed by atoms with Crippen molar-refractivity contribution in [3.05, 3.63) is 45.0 Å². The van der Waals surface area contributed by atoms with Gasteiger partial charge < -0.3 is 18.7 Å². The fourth-order valence-electron chi connectivity index (χ4n) is 3.29. The number of hydrogen-bond donors (Lipinski definition) is 0. The van der Waals surface area contributed by atoms with Gasteiger partial charge >= 0.3 is 5.63 Å². The normalized spacial score (nSPS) is 12.2. The molecule has 0 saturated heterocycles. The fraction of sp³-hybridized carbons (Fsp3) is 0.400. The molecule has 0 atom stereocenters. The Hall–Kier alpha value is -2.56. The Labute approximate surface area is 145 Å². The number of aryl methyl sites for hydroxylation is 2. The van der Waals surface area contributed by atoms with Crippen molar-refractivity contribution < 1.29 is 18.7 Å². The molecule has 1 aromatic carbocycles. The summed E-state index contributed by atoms with van der Waals surface area (Å²) in [7, 11) is 0. The predicted octanol–water partition coefficient (Wildman–Crippen LogP) is 3.14. The first-order valence-electron chi connectivity index (χ1n) is 8.28. The summed E-state index contributed by atoms with van der Waals surface area (Å²) >= 11 is 0. The van der Waals surface area contributed by atoms with Crippen LogP contribution in [0.15, 0.2) is 26.0 Å². The average molecular weight is 341 g/mol. The smallest absolute Gasteiger partial charge is 0.339 e. The second kappa shape index (κ2) is 5.76. The van der Waals surface area contributed by atoms with Gasteiger partial charge in [-0.3, -0.25) is 0 Å². The Balaban J connectivity index is 2.35. The van der Waals surface area contributed by atoms with Gasteiger partial charge in [0.25, 0.3) is 0 Å². The molecule has 0 amide bonds. The highest BCUT2D eigenvalue weighted by Crippen LogP contribution is 2.37. The number of aliphatic carboxylic acids is 1. The molecule has 5 nitrogen and oxygen atoms in total. The van der Waals surface area contributed by atoms with Crippen LogP contribution in [0, 0.1) is 13.8 Å². The lowest BCUT2D eigenvalue weighted by Crippen LogP contribution is -2.24. The maximum absolute atomic E-state index is 12.3. The number of benzene rings is 1. The number of rotatable bonds is 3. The second-order valence-corrected chi connectivity index (χ2v) is 7.52. The summed E-state index contributed by atoms with van der Waals surface area (Å²) in [5.74, 6) is -1.18. The molecule has 3 aromatic rings. The molecule has 5 heteroatoms. The lowest BCUT2D eigenvalue weighted by atomic mass is 9.86. The van der Waals surface area contributed by atoms with Gasteiger partial charge in [0.1, 0.15) is 11.2 Å². The van der Waals surface area contributed by atoms with Gasteiger partial charge in [-0.05, 0) is 43.7 Å². The molecule has 0 aliphatic heterocycles. The van der Waals surface area contributed by atoms with Gasteiger partial charge in [-0.2, -0.15) is 0 Å². The van der Waals surface area contributed by atoms with Gasteiger partial charge in [0.15, 0.2) is 0 Å². The Morgan fingerprint density at radius 1 is 1.12 bits per heavy atom. The summed E-state index contributed by atoms with van der Waals surface area (Å²) in [5, 5.41) is 12.5. The van der Waals surface area contributed by atoms with E-state index in [1.54, 1.807) is 6.26 Å². The molecule has 25 heavy (non-hydrogen) atoms. The van der Waals surface area contributed by atoms with Crippen molar-refractivity contribution >= 4 is 27.9 Å². The number of furan rings is 1. The Bertz CT molecular complexity index is 1040. The zero-order valence-electron chi connectivity index (χ0n) is 15.1. The van der Waals surface area contributed by atoms with Crippen molar-refractivity contribution in [2.24, 2.45) is 0 Å². The third kappa shape index (κ3) is 2.84. The first-order valence-corrected chi connectivity index (χ1v) is 8.28. The number of carbonyl (C=O) groups is 1. The van der Waals surface area contributed by atoms with Crippen LogP contribution in [0.2, 0.25) is 0 Å². The molecule has 0 aliphatic carbocycles. The number of carboxylic acids is 1. The third-order valence-corrected chi connectivity index (χ3v) is 4.73. The Morgan fingerprint density at radius 2 is 1.80 bits per heavy atom. The first kappa shape index (κ1) is 17.3. The van der Waals surface area contributed by atoms with Crippen molar-refractivity contribution in [2.75, 3.05) is 0 Å². The van der Waals surface area contributed by atoms with Crippen LogP contribution in [0.4, 0.5) is 0 Å². The number of carboxylic acid groups (broad SMARTS) is 1. The van der Waals surface area contributed by atoms with E-state index in [0.29, 0.717) is 16.7 Å². The van der Waals surface area contributed by atoms with Crippen molar-refractivity contribution in [1.82, 2.24) is 0 Å². The summed E-state index contributed by atoms with van der Waals surface area (Å²) in [6.07, 6.45) is 1.64. The van der Waals surface area contributed by atoms with E-state index in [1.165, 1.54) is 0 Å². The topological polar surface area (TPSA) is 83.5 Å². The summed E-state index contributed by atoms with van der Waals surface area (Å²) in [4.78, 5) is 23.1. The van der Waals surface area contributed by atoms with Crippen molar-refractivity contribution in [1.29, 1.82) is 0 Å². The highest BCUT2D eigenvalue weighted by Gasteiger charge is 2.23. The molecule has 0 spiro atoms. The van der Waals surface area contributed by atoms with Crippen LogP contribution in [0.25, 0.3) is 21.9 Å². The summed E-state index contributed by atoms with van der Waals surface area (Å²) in [5.41, 5.74) is 3.59.